The van der Waals surface area contributed by atoms with E-state index in [1.54, 1.807) is 18.3 Å². The zero-order valence-corrected chi connectivity index (χ0v) is 17.0. The molecule has 2 aromatic rings. The van der Waals surface area contributed by atoms with Gasteiger partial charge in [-0.05, 0) is 42.7 Å². The van der Waals surface area contributed by atoms with Crippen molar-refractivity contribution in [3.63, 3.8) is 0 Å². The van der Waals surface area contributed by atoms with Crippen molar-refractivity contribution < 1.29 is 14.0 Å². The molecule has 0 atom stereocenters. The summed E-state index contributed by atoms with van der Waals surface area (Å²) in [4.78, 5) is 33.3. The highest BCUT2D eigenvalue weighted by Gasteiger charge is 2.52. The fourth-order valence-electron chi connectivity index (χ4n) is 4.37. The molecule has 1 spiro atoms. The molecular weight excluding hydrogens is 383 g/mol. The third-order valence-corrected chi connectivity index (χ3v) is 6.07. The fourth-order valence-corrected chi connectivity index (χ4v) is 4.37. The van der Waals surface area contributed by atoms with Gasteiger partial charge in [-0.2, -0.15) is 0 Å². The number of amides is 3. The summed E-state index contributed by atoms with van der Waals surface area (Å²) in [6.07, 6.45) is 5.93. The van der Waals surface area contributed by atoms with Crippen LogP contribution in [-0.4, -0.2) is 51.9 Å². The van der Waals surface area contributed by atoms with Crippen LogP contribution < -0.4 is 5.32 Å². The Morgan fingerprint density at radius 3 is 2.53 bits per heavy atom. The van der Waals surface area contributed by atoms with Crippen LogP contribution in [0.25, 0.3) is 0 Å². The lowest BCUT2D eigenvalue weighted by molar-refractivity contribution is -0.131. The summed E-state index contributed by atoms with van der Waals surface area (Å²) in [6, 6.07) is 12.0. The Labute approximate surface area is 176 Å². The number of halogens is 1. The fraction of sp³-hybridized carbons (Fsp3) is 0.435. The molecule has 0 bridgehead atoms. The smallest absolute Gasteiger partial charge is 0.323 e. The SMILES string of the molecule is O=C1NC2(CCCC2)C(=O)N1CCN(CCc1ccccn1)Cc1ccc(F)cc1. The predicted molar refractivity (Wildman–Crippen MR) is 111 cm³/mol. The molecule has 0 radical (unpaired) electrons. The molecule has 1 aliphatic heterocycles. The number of carbonyl (C=O) groups excluding carboxylic acids is 2. The minimum Gasteiger partial charge on any atom is -0.323 e. The maximum absolute atomic E-state index is 13.3. The molecule has 1 aliphatic carbocycles. The highest BCUT2D eigenvalue weighted by atomic mass is 19.1. The monoisotopic (exact) mass is 410 g/mol. The second-order valence-electron chi connectivity index (χ2n) is 8.15. The van der Waals surface area contributed by atoms with E-state index in [1.165, 1.54) is 17.0 Å². The van der Waals surface area contributed by atoms with Gasteiger partial charge in [-0.25, -0.2) is 9.18 Å². The molecule has 2 heterocycles. The average molecular weight is 410 g/mol. The number of nitrogens with one attached hydrogen (secondary N) is 1. The molecule has 0 unspecified atom stereocenters. The maximum atomic E-state index is 13.3. The zero-order chi connectivity index (χ0) is 21.0. The predicted octanol–water partition coefficient (Wildman–Crippen LogP) is 3.13. The van der Waals surface area contributed by atoms with E-state index in [-0.39, 0.29) is 17.8 Å². The first-order valence-corrected chi connectivity index (χ1v) is 10.6. The van der Waals surface area contributed by atoms with Crippen molar-refractivity contribution in [3.05, 3.63) is 65.7 Å². The summed E-state index contributed by atoms with van der Waals surface area (Å²) in [7, 11) is 0. The number of urea groups is 1. The van der Waals surface area contributed by atoms with Crippen molar-refractivity contribution in [2.75, 3.05) is 19.6 Å². The lowest BCUT2D eigenvalue weighted by Gasteiger charge is -2.25. The third kappa shape index (κ3) is 4.51. The highest BCUT2D eigenvalue weighted by Crippen LogP contribution is 2.34. The number of hydrogen-bond donors (Lipinski definition) is 1. The van der Waals surface area contributed by atoms with Gasteiger partial charge >= 0.3 is 6.03 Å². The standard InChI is InChI=1S/C23H27FN4O2/c24-19-8-6-18(7-9-19)17-27(14-10-20-5-1-4-13-25-20)15-16-28-21(29)23(26-22(28)30)11-2-3-12-23/h1,4-9,13H,2-3,10-12,14-17H2,(H,26,30). The van der Waals surface area contributed by atoms with Crippen molar-refractivity contribution in [1.82, 2.24) is 20.1 Å². The summed E-state index contributed by atoms with van der Waals surface area (Å²) in [5.41, 5.74) is 1.30. The summed E-state index contributed by atoms with van der Waals surface area (Å²) in [5, 5.41) is 2.93. The van der Waals surface area contributed by atoms with Crippen LogP contribution in [0.5, 0.6) is 0 Å². The summed E-state index contributed by atoms with van der Waals surface area (Å²) < 4.78 is 13.3. The van der Waals surface area contributed by atoms with E-state index >= 15 is 0 Å². The van der Waals surface area contributed by atoms with Crippen molar-refractivity contribution in [2.24, 2.45) is 0 Å². The highest BCUT2D eigenvalue weighted by molar-refractivity contribution is 6.07. The van der Waals surface area contributed by atoms with Crippen LogP contribution in [0.1, 0.15) is 36.9 Å². The normalized spacial score (nSPS) is 17.9. The van der Waals surface area contributed by atoms with Gasteiger partial charge in [-0.3, -0.25) is 19.6 Å². The van der Waals surface area contributed by atoms with Crippen molar-refractivity contribution in [1.29, 1.82) is 0 Å². The Bertz CT molecular complexity index is 882. The molecule has 1 N–H and O–H groups in total. The lowest BCUT2D eigenvalue weighted by atomic mass is 9.98. The molecule has 7 heteroatoms. The summed E-state index contributed by atoms with van der Waals surface area (Å²) in [5.74, 6) is -0.351. The molecular formula is C23H27FN4O2. The van der Waals surface area contributed by atoms with Crippen LogP contribution in [0, 0.1) is 5.82 Å². The maximum Gasteiger partial charge on any atom is 0.325 e. The molecule has 30 heavy (non-hydrogen) atoms. The van der Waals surface area contributed by atoms with Gasteiger partial charge in [-0.1, -0.05) is 31.0 Å². The van der Waals surface area contributed by atoms with E-state index in [1.807, 2.05) is 18.2 Å². The van der Waals surface area contributed by atoms with Crippen LogP contribution in [0.2, 0.25) is 0 Å². The Hall–Kier alpha value is -2.80. The molecule has 2 aliphatic rings. The van der Waals surface area contributed by atoms with E-state index in [0.717, 1.165) is 49.9 Å². The van der Waals surface area contributed by atoms with Crippen LogP contribution in [-0.2, 0) is 17.8 Å². The van der Waals surface area contributed by atoms with Crippen LogP contribution >= 0.6 is 0 Å². The topological polar surface area (TPSA) is 65.5 Å². The number of benzene rings is 1. The second kappa shape index (κ2) is 8.92. The molecule has 1 saturated carbocycles. The quantitative estimate of drug-likeness (QED) is 0.679. The number of aromatic nitrogens is 1. The minimum absolute atomic E-state index is 0.0866. The van der Waals surface area contributed by atoms with Gasteiger partial charge < -0.3 is 5.32 Å². The summed E-state index contributed by atoms with van der Waals surface area (Å²) in [6.45, 7) is 2.24. The van der Waals surface area contributed by atoms with Gasteiger partial charge in [0.25, 0.3) is 5.91 Å². The molecule has 3 amide bonds. The molecule has 2 fully saturated rings. The average Bonchev–Trinajstić information content (AvgIpc) is 3.32. The zero-order valence-electron chi connectivity index (χ0n) is 17.0. The molecule has 6 nitrogen and oxygen atoms in total. The van der Waals surface area contributed by atoms with Gasteiger partial charge in [0.2, 0.25) is 0 Å². The van der Waals surface area contributed by atoms with Crippen molar-refractivity contribution in [3.8, 4) is 0 Å². The van der Waals surface area contributed by atoms with E-state index in [4.69, 9.17) is 0 Å². The Morgan fingerprint density at radius 1 is 1.07 bits per heavy atom. The minimum atomic E-state index is -0.674. The van der Waals surface area contributed by atoms with E-state index < -0.39 is 5.54 Å². The molecule has 4 rings (SSSR count). The summed E-state index contributed by atoms with van der Waals surface area (Å²) >= 11 is 0. The number of nitrogens with zero attached hydrogens (tertiary/aromatic N) is 3. The molecule has 1 saturated heterocycles. The van der Waals surface area contributed by atoms with E-state index in [2.05, 4.69) is 15.2 Å². The van der Waals surface area contributed by atoms with Crippen LogP contribution in [0.3, 0.4) is 0 Å². The first-order valence-electron chi connectivity index (χ1n) is 10.6. The first-order chi connectivity index (χ1) is 14.6. The van der Waals surface area contributed by atoms with Gasteiger partial charge in [-0.15, -0.1) is 0 Å². The van der Waals surface area contributed by atoms with Gasteiger partial charge in [0, 0.05) is 44.5 Å². The van der Waals surface area contributed by atoms with Crippen LogP contribution in [0.15, 0.2) is 48.7 Å². The largest absolute Gasteiger partial charge is 0.325 e. The van der Waals surface area contributed by atoms with E-state index in [9.17, 15) is 14.0 Å². The van der Waals surface area contributed by atoms with Gasteiger partial charge in [0.1, 0.15) is 11.4 Å². The number of hydrogen-bond acceptors (Lipinski definition) is 4. The Morgan fingerprint density at radius 2 is 1.83 bits per heavy atom. The van der Waals surface area contributed by atoms with E-state index in [0.29, 0.717) is 19.6 Å². The van der Waals surface area contributed by atoms with Crippen molar-refractivity contribution in [2.45, 2.75) is 44.2 Å². The Kier molecular flexibility index (Phi) is 6.08. The Balaban J connectivity index is 1.41. The number of carbonyl (C=O) groups is 2. The number of pyridine rings is 1. The van der Waals surface area contributed by atoms with Crippen molar-refractivity contribution >= 4 is 11.9 Å². The second-order valence-corrected chi connectivity index (χ2v) is 8.15. The van der Waals surface area contributed by atoms with Gasteiger partial charge in [0.15, 0.2) is 0 Å². The van der Waals surface area contributed by atoms with Crippen LogP contribution in [0.4, 0.5) is 9.18 Å². The molecule has 1 aromatic heterocycles. The number of rotatable bonds is 8. The van der Waals surface area contributed by atoms with Gasteiger partial charge in [0.05, 0.1) is 0 Å². The number of imide groups is 1. The molecule has 158 valence electrons. The lowest BCUT2D eigenvalue weighted by Crippen LogP contribution is -2.44. The third-order valence-electron chi connectivity index (χ3n) is 6.07. The molecule has 1 aromatic carbocycles. The first kappa shape index (κ1) is 20.5.